The minimum atomic E-state index is 0.894. The van der Waals surface area contributed by atoms with E-state index in [0.717, 1.165) is 99.9 Å². The third-order valence-corrected chi connectivity index (χ3v) is 14.0. The first kappa shape index (κ1) is 39.8. The molecule has 0 radical (unpaired) electrons. The number of furan rings is 2. The molecule has 328 valence electrons. The summed E-state index contributed by atoms with van der Waals surface area (Å²) in [5.41, 5.74) is 19.5. The van der Waals surface area contributed by atoms with Crippen LogP contribution in [0.25, 0.3) is 116 Å². The lowest BCUT2D eigenvalue weighted by Gasteiger charge is -2.26. The number of para-hydroxylation sites is 2. The van der Waals surface area contributed by atoms with Crippen LogP contribution in [0.5, 0.6) is 0 Å². The monoisotopic (exact) mass is 894 g/mol. The molecule has 0 spiro atoms. The first-order valence-electron chi connectivity index (χ1n) is 23.8. The number of anilines is 3. The molecule has 0 atom stereocenters. The molecular formula is C66H42N2O2. The van der Waals surface area contributed by atoms with Crippen LogP contribution < -0.4 is 4.90 Å². The van der Waals surface area contributed by atoms with Crippen molar-refractivity contribution < 1.29 is 8.83 Å². The van der Waals surface area contributed by atoms with Crippen LogP contribution in [-0.4, -0.2) is 4.57 Å². The van der Waals surface area contributed by atoms with E-state index in [-0.39, 0.29) is 0 Å². The Morgan fingerprint density at radius 2 is 0.571 bits per heavy atom. The fraction of sp³-hybridized carbons (Fsp3) is 0. The zero-order chi connectivity index (χ0) is 46.1. The highest BCUT2D eigenvalue weighted by molar-refractivity contribution is 6.13. The van der Waals surface area contributed by atoms with Gasteiger partial charge in [0, 0.05) is 55.1 Å². The van der Waals surface area contributed by atoms with Crippen LogP contribution >= 0.6 is 0 Å². The molecule has 4 nitrogen and oxygen atoms in total. The maximum absolute atomic E-state index is 6.23. The Labute approximate surface area is 404 Å². The van der Waals surface area contributed by atoms with Gasteiger partial charge in [0.05, 0.1) is 11.0 Å². The van der Waals surface area contributed by atoms with Gasteiger partial charge in [-0.1, -0.05) is 146 Å². The molecule has 0 aliphatic heterocycles. The number of fused-ring (bicyclic) bond motifs is 9. The Balaban J connectivity index is 0.905. The predicted molar refractivity (Wildman–Crippen MR) is 292 cm³/mol. The molecule has 0 aliphatic rings. The number of aromatic nitrogens is 1. The van der Waals surface area contributed by atoms with E-state index >= 15 is 0 Å². The van der Waals surface area contributed by atoms with Gasteiger partial charge in [-0.2, -0.15) is 0 Å². The van der Waals surface area contributed by atoms with Crippen molar-refractivity contribution in [2.45, 2.75) is 0 Å². The van der Waals surface area contributed by atoms with Crippen molar-refractivity contribution in [2.75, 3.05) is 4.90 Å². The molecule has 0 amide bonds. The highest BCUT2D eigenvalue weighted by Crippen LogP contribution is 2.42. The fourth-order valence-corrected chi connectivity index (χ4v) is 10.5. The molecule has 14 rings (SSSR count). The molecule has 3 heterocycles. The molecule has 0 fully saturated rings. The Bertz CT molecular complexity index is 4000. The third-order valence-electron chi connectivity index (χ3n) is 14.0. The molecule has 0 unspecified atom stereocenters. The number of hydrogen-bond donors (Lipinski definition) is 0. The summed E-state index contributed by atoms with van der Waals surface area (Å²) < 4.78 is 14.9. The average Bonchev–Trinajstić information content (AvgIpc) is 4.11. The van der Waals surface area contributed by atoms with Crippen molar-refractivity contribution in [1.82, 2.24) is 4.57 Å². The van der Waals surface area contributed by atoms with Gasteiger partial charge in [0.15, 0.2) is 0 Å². The Morgan fingerprint density at radius 3 is 1.01 bits per heavy atom. The molecule has 3 aromatic heterocycles. The van der Waals surface area contributed by atoms with Gasteiger partial charge in [0.2, 0.25) is 0 Å². The highest BCUT2D eigenvalue weighted by Gasteiger charge is 2.19. The van der Waals surface area contributed by atoms with Crippen LogP contribution in [0.15, 0.2) is 264 Å². The summed E-state index contributed by atoms with van der Waals surface area (Å²) >= 11 is 0. The van der Waals surface area contributed by atoms with E-state index in [1.54, 1.807) is 0 Å². The lowest BCUT2D eigenvalue weighted by atomic mass is 9.98. The van der Waals surface area contributed by atoms with Crippen molar-refractivity contribution in [3.63, 3.8) is 0 Å². The molecular weight excluding hydrogens is 853 g/mol. The van der Waals surface area contributed by atoms with Gasteiger partial charge in [0.25, 0.3) is 0 Å². The van der Waals surface area contributed by atoms with Gasteiger partial charge < -0.3 is 18.3 Å². The number of hydrogen-bond acceptors (Lipinski definition) is 3. The van der Waals surface area contributed by atoms with Crippen LogP contribution in [0.1, 0.15) is 0 Å². The average molecular weight is 895 g/mol. The van der Waals surface area contributed by atoms with Crippen LogP contribution in [0, 0.1) is 0 Å². The van der Waals surface area contributed by atoms with E-state index < -0.39 is 0 Å². The lowest BCUT2D eigenvalue weighted by molar-refractivity contribution is 0.668. The minimum absolute atomic E-state index is 0.894. The smallest absolute Gasteiger partial charge is 0.135 e. The van der Waals surface area contributed by atoms with Crippen LogP contribution in [0.3, 0.4) is 0 Å². The van der Waals surface area contributed by atoms with E-state index in [4.69, 9.17) is 8.83 Å². The van der Waals surface area contributed by atoms with Crippen molar-refractivity contribution in [3.05, 3.63) is 255 Å². The molecule has 70 heavy (non-hydrogen) atoms. The molecule has 0 N–H and O–H groups in total. The third kappa shape index (κ3) is 6.69. The van der Waals surface area contributed by atoms with Gasteiger partial charge in [-0.05, 0) is 154 Å². The van der Waals surface area contributed by atoms with Crippen LogP contribution in [-0.2, 0) is 0 Å². The van der Waals surface area contributed by atoms with E-state index in [0.29, 0.717) is 0 Å². The quantitative estimate of drug-likeness (QED) is 0.152. The second-order valence-electron chi connectivity index (χ2n) is 18.1. The molecule has 0 bridgehead atoms. The highest BCUT2D eigenvalue weighted by atomic mass is 16.3. The maximum Gasteiger partial charge on any atom is 0.135 e. The van der Waals surface area contributed by atoms with Crippen LogP contribution in [0.2, 0.25) is 0 Å². The summed E-state index contributed by atoms with van der Waals surface area (Å²) in [5, 5.41) is 6.86. The summed E-state index contributed by atoms with van der Waals surface area (Å²) in [6, 6.07) is 91.4. The Hall–Kier alpha value is -9.38. The molecule has 11 aromatic carbocycles. The number of rotatable bonds is 8. The summed E-state index contributed by atoms with van der Waals surface area (Å²) in [6.07, 6.45) is 0. The molecule has 0 saturated carbocycles. The van der Waals surface area contributed by atoms with Crippen LogP contribution in [0.4, 0.5) is 17.1 Å². The summed E-state index contributed by atoms with van der Waals surface area (Å²) in [7, 11) is 0. The standard InChI is InChI=1S/C66H42N2O2/c1-3-11-43(12-4-1)45-19-27-51(28-20-45)67(52-29-21-46(22-30-52)44-13-5-2-6-14-44)53-31-33-54(34-32-53)68-61-35-23-47(49-25-37-65-59(41-49)55-15-7-9-17-63(55)69-65)39-57(61)58-40-48(24-36-62(58)68)50-26-38-66-60(42-50)56-16-8-10-18-64(56)70-66/h1-42H. The maximum atomic E-state index is 6.23. The first-order chi connectivity index (χ1) is 34.7. The largest absolute Gasteiger partial charge is 0.456 e. The molecule has 4 heteroatoms. The molecule has 14 aromatic rings. The van der Waals surface area contributed by atoms with E-state index in [1.165, 1.54) is 33.0 Å². The zero-order valence-electron chi connectivity index (χ0n) is 38.0. The number of benzene rings is 11. The molecule has 0 aliphatic carbocycles. The van der Waals surface area contributed by atoms with Gasteiger partial charge in [-0.25, -0.2) is 0 Å². The van der Waals surface area contributed by atoms with E-state index in [1.807, 2.05) is 24.3 Å². The Morgan fingerprint density at radius 1 is 0.243 bits per heavy atom. The minimum Gasteiger partial charge on any atom is -0.456 e. The second kappa shape index (κ2) is 16.2. The fourth-order valence-electron chi connectivity index (χ4n) is 10.5. The summed E-state index contributed by atoms with van der Waals surface area (Å²) in [6.45, 7) is 0. The molecule has 0 saturated heterocycles. The van der Waals surface area contributed by atoms with Crippen molar-refractivity contribution in [3.8, 4) is 50.2 Å². The SMILES string of the molecule is c1ccc(-c2ccc(N(c3ccc(-c4ccccc4)cc3)c3ccc(-n4c5ccc(-c6ccc7oc8ccccc8c7c6)cc5c5cc(-c6ccc7oc8ccccc8c7c6)ccc54)cc3)cc2)cc1. The predicted octanol–water partition coefficient (Wildman–Crippen LogP) is 18.7. The van der Waals surface area contributed by atoms with Gasteiger partial charge >= 0.3 is 0 Å². The van der Waals surface area contributed by atoms with Gasteiger partial charge in [-0.3, -0.25) is 0 Å². The normalized spacial score (nSPS) is 11.7. The van der Waals surface area contributed by atoms with Crippen molar-refractivity contribution in [2.24, 2.45) is 0 Å². The summed E-state index contributed by atoms with van der Waals surface area (Å²) in [5.74, 6) is 0. The topological polar surface area (TPSA) is 34.5 Å². The Kier molecular flexibility index (Phi) is 9.17. The van der Waals surface area contributed by atoms with Crippen molar-refractivity contribution in [1.29, 1.82) is 0 Å². The zero-order valence-corrected chi connectivity index (χ0v) is 38.0. The summed E-state index contributed by atoms with van der Waals surface area (Å²) in [4.78, 5) is 2.35. The van der Waals surface area contributed by atoms with Gasteiger partial charge in [0.1, 0.15) is 22.3 Å². The first-order valence-corrected chi connectivity index (χ1v) is 23.8. The second-order valence-corrected chi connectivity index (χ2v) is 18.1. The number of nitrogens with zero attached hydrogens (tertiary/aromatic N) is 2. The van der Waals surface area contributed by atoms with Crippen molar-refractivity contribution >= 4 is 82.7 Å². The van der Waals surface area contributed by atoms with Gasteiger partial charge in [-0.15, -0.1) is 0 Å². The lowest BCUT2D eigenvalue weighted by Crippen LogP contribution is -2.10. The van der Waals surface area contributed by atoms with E-state index in [2.05, 4.69) is 240 Å². The van der Waals surface area contributed by atoms with E-state index in [9.17, 15) is 0 Å².